The highest BCUT2D eigenvalue weighted by Gasteiger charge is 2.23. The number of hydrogen-bond donors (Lipinski definition) is 0. The van der Waals surface area contributed by atoms with Crippen LogP contribution in [0.25, 0.3) is 10.8 Å². The zero-order valence-corrected chi connectivity index (χ0v) is 10.2. The van der Waals surface area contributed by atoms with Crippen LogP contribution in [0, 0.1) is 21.4 Å². The minimum atomic E-state index is -0.577. The number of ether oxygens (including phenoxy) is 2. The van der Waals surface area contributed by atoms with Gasteiger partial charge in [0.15, 0.2) is 17.2 Å². The number of nitro groups is 1. The molecule has 0 aliphatic heterocycles. The third-order valence-corrected chi connectivity index (χ3v) is 2.67. The van der Waals surface area contributed by atoms with E-state index in [2.05, 4.69) is 4.98 Å². The lowest BCUT2D eigenvalue weighted by atomic mass is 10.1. The number of fused-ring (bicyclic) bond motifs is 1. The number of methoxy groups -OCH3 is 2. The van der Waals surface area contributed by atoms with E-state index >= 15 is 0 Å². The number of pyridine rings is 1. The fourth-order valence-corrected chi connectivity index (χ4v) is 1.90. The molecule has 19 heavy (non-hydrogen) atoms. The first kappa shape index (κ1) is 12.6. The van der Waals surface area contributed by atoms with Gasteiger partial charge in [-0.25, -0.2) is 4.98 Å². The Balaban J connectivity index is 3.02. The number of nitro benzene ring substituents is 1. The van der Waals surface area contributed by atoms with Crippen molar-refractivity contribution in [2.24, 2.45) is 0 Å². The van der Waals surface area contributed by atoms with Crippen LogP contribution in [0.2, 0.25) is 0 Å². The van der Waals surface area contributed by atoms with E-state index in [9.17, 15) is 10.1 Å². The van der Waals surface area contributed by atoms with Gasteiger partial charge >= 0.3 is 0 Å². The quantitative estimate of drug-likeness (QED) is 0.617. The van der Waals surface area contributed by atoms with Crippen molar-refractivity contribution in [3.63, 3.8) is 0 Å². The van der Waals surface area contributed by atoms with Crippen molar-refractivity contribution in [2.45, 2.75) is 0 Å². The number of nitriles is 1. The van der Waals surface area contributed by atoms with Gasteiger partial charge in [-0.05, 0) is 6.07 Å². The molecule has 0 saturated carbocycles. The van der Waals surface area contributed by atoms with Gasteiger partial charge < -0.3 is 9.47 Å². The summed E-state index contributed by atoms with van der Waals surface area (Å²) in [4.78, 5) is 14.4. The largest absolute Gasteiger partial charge is 0.493 e. The summed E-state index contributed by atoms with van der Waals surface area (Å²) in [5.41, 5.74) is -0.262. The molecule has 0 spiro atoms. The molecule has 0 radical (unpaired) electrons. The molecular weight excluding hydrogens is 250 g/mol. The Morgan fingerprint density at radius 3 is 2.68 bits per heavy atom. The summed E-state index contributed by atoms with van der Waals surface area (Å²) in [6, 6.07) is 4.61. The van der Waals surface area contributed by atoms with Gasteiger partial charge in [-0.3, -0.25) is 10.1 Å². The van der Waals surface area contributed by atoms with E-state index in [0.29, 0.717) is 11.1 Å². The van der Waals surface area contributed by atoms with Crippen molar-refractivity contribution in [3.05, 3.63) is 34.1 Å². The third-order valence-electron chi connectivity index (χ3n) is 2.67. The molecular formula is C12H9N3O4. The second-order valence-electron chi connectivity index (χ2n) is 3.58. The first-order chi connectivity index (χ1) is 9.13. The summed E-state index contributed by atoms with van der Waals surface area (Å²) in [6.45, 7) is 0. The summed E-state index contributed by atoms with van der Waals surface area (Å²) >= 11 is 0. The zero-order chi connectivity index (χ0) is 14.0. The van der Waals surface area contributed by atoms with Crippen LogP contribution in [-0.2, 0) is 0 Å². The molecule has 0 amide bonds. The molecule has 0 unspecified atom stereocenters. The number of rotatable bonds is 3. The Morgan fingerprint density at radius 1 is 1.42 bits per heavy atom. The highest BCUT2D eigenvalue weighted by Crippen LogP contribution is 2.41. The number of benzene rings is 1. The van der Waals surface area contributed by atoms with Crippen LogP contribution < -0.4 is 9.47 Å². The number of hydrogen-bond acceptors (Lipinski definition) is 6. The average Bonchev–Trinajstić information content (AvgIpc) is 2.44. The summed E-state index contributed by atoms with van der Waals surface area (Å²) in [5, 5.41) is 20.7. The Bertz CT molecular complexity index is 706. The lowest BCUT2D eigenvalue weighted by Gasteiger charge is -2.11. The maximum Gasteiger partial charge on any atom is 0.284 e. The van der Waals surface area contributed by atoms with Crippen LogP contribution in [-0.4, -0.2) is 24.1 Å². The second-order valence-corrected chi connectivity index (χ2v) is 3.58. The molecule has 0 bridgehead atoms. The molecule has 0 aliphatic carbocycles. The van der Waals surface area contributed by atoms with Crippen molar-refractivity contribution in [3.8, 4) is 17.6 Å². The normalized spacial score (nSPS) is 9.95. The van der Waals surface area contributed by atoms with Gasteiger partial charge in [0.1, 0.15) is 6.07 Å². The highest BCUT2D eigenvalue weighted by atomic mass is 16.6. The first-order valence-electron chi connectivity index (χ1n) is 5.22. The topological polar surface area (TPSA) is 98.3 Å². The molecule has 2 rings (SSSR count). The molecule has 96 valence electrons. The molecule has 2 aromatic rings. The van der Waals surface area contributed by atoms with Crippen molar-refractivity contribution in [1.29, 1.82) is 5.26 Å². The molecule has 0 N–H and O–H groups in total. The number of non-ortho nitro benzene ring substituents is 1. The van der Waals surface area contributed by atoms with Crippen molar-refractivity contribution < 1.29 is 14.4 Å². The molecule has 1 aromatic carbocycles. The van der Waals surface area contributed by atoms with Crippen molar-refractivity contribution in [2.75, 3.05) is 14.2 Å². The molecule has 7 nitrogen and oxygen atoms in total. The molecule has 0 aliphatic rings. The van der Waals surface area contributed by atoms with Gasteiger partial charge in [0.25, 0.3) is 5.69 Å². The standard InChI is InChI=1S/C12H9N3O4/c1-18-10-5-9(15(16)17)11-7(12(10)19-2)3-4-14-8(11)6-13/h3-5H,1-2H3. The maximum absolute atomic E-state index is 11.1. The van der Waals surface area contributed by atoms with E-state index in [1.165, 1.54) is 26.5 Å². The lowest BCUT2D eigenvalue weighted by molar-refractivity contribution is -0.383. The van der Waals surface area contributed by atoms with Gasteiger partial charge in [-0.15, -0.1) is 0 Å². The lowest BCUT2D eigenvalue weighted by Crippen LogP contribution is -1.98. The summed E-state index contributed by atoms with van der Waals surface area (Å²) in [6.07, 6.45) is 1.40. The molecule has 0 saturated heterocycles. The van der Waals surface area contributed by atoms with Crippen molar-refractivity contribution >= 4 is 16.5 Å². The summed E-state index contributed by atoms with van der Waals surface area (Å²) < 4.78 is 10.3. The number of aromatic nitrogens is 1. The van der Waals surface area contributed by atoms with Crippen LogP contribution in [0.4, 0.5) is 5.69 Å². The third kappa shape index (κ3) is 1.89. The van der Waals surface area contributed by atoms with Gasteiger partial charge in [0.05, 0.1) is 30.6 Å². The summed E-state index contributed by atoms with van der Waals surface area (Å²) in [5.74, 6) is 0.568. The van der Waals surface area contributed by atoms with E-state index < -0.39 is 4.92 Å². The highest BCUT2D eigenvalue weighted by molar-refractivity contribution is 6.00. The molecule has 0 atom stereocenters. The predicted octanol–water partition coefficient (Wildman–Crippen LogP) is 2.03. The average molecular weight is 259 g/mol. The van der Waals surface area contributed by atoms with Gasteiger partial charge in [0.2, 0.25) is 0 Å². The second kappa shape index (κ2) is 4.78. The van der Waals surface area contributed by atoms with E-state index in [1.54, 1.807) is 6.07 Å². The van der Waals surface area contributed by atoms with Gasteiger partial charge in [0, 0.05) is 11.6 Å². The van der Waals surface area contributed by atoms with Crippen LogP contribution in [0.5, 0.6) is 11.5 Å². The van der Waals surface area contributed by atoms with E-state index in [1.807, 2.05) is 6.07 Å². The van der Waals surface area contributed by atoms with Gasteiger partial charge in [-0.2, -0.15) is 5.26 Å². The van der Waals surface area contributed by atoms with E-state index in [4.69, 9.17) is 14.7 Å². The van der Waals surface area contributed by atoms with Crippen molar-refractivity contribution in [1.82, 2.24) is 4.98 Å². The van der Waals surface area contributed by atoms with E-state index in [0.717, 1.165) is 0 Å². The first-order valence-corrected chi connectivity index (χ1v) is 5.22. The van der Waals surface area contributed by atoms with Crippen LogP contribution in [0.1, 0.15) is 5.69 Å². The number of nitrogens with zero attached hydrogens (tertiary/aromatic N) is 3. The Kier molecular flexibility index (Phi) is 3.16. The minimum absolute atomic E-state index is 0.0230. The predicted molar refractivity (Wildman–Crippen MR) is 66.2 cm³/mol. The molecule has 1 aromatic heterocycles. The van der Waals surface area contributed by atoms with Gasteiger partial charge in [-0.1, -0.05) is 0 Å². The fourth-order valence-electron chi connectivity index (χ4n) is 1.90. The Morgan fingerprint density at radius 2 is 2.16 bits per heavy atom. The molecule has 7 heteroatoms. The summed E-state index contributed by atoms with van der Waals surface area (Å²) in [7, 11) is 2.81. The maximum atomic E-state index is 11.1. The Hall–Kier alpha value is -2.88. The fraction of sp³-hybridized carbons (Fsp3) is 0.167. The Labute approximate surface area is 108 Å². The van der Waals surface area contributed by atoms with Crippen LogP contribution in [0.3, 0.4) is 0 Å². The van der Waals surface area contributed by atoms with E-state index in [-0.39, 0.29) is 22.5 Å². The minimum Gasteiger partial charge on any atom is -0.493 e. The monoisotopic (exact) mass is 259 g/mol. The smallest absolute Gasteiger partial charge is 0.284 e. The zero-order valence-electron chi connectivity index (χ0n) is 10.2. The van der Waals surface area contributed by atoms with Crippen LogP contribution >= 0.6 is 0 Å². The SMILES string of the molecule is COc1cc([N+](=O)[O-])c2c(C#N)nccc2c1OC. The molecule has 0 fully saturated rings. The molecule has 1 heterocycles. The van der Waals surface area contributed by atoms with Crippen LogP contribution in [0.15, 0.2) is 18.3 Å².